The van der Waals surface area contributed by atoms with E-state index in [-0.39, 0.29) is 11.7 Å². The molecule has 0 saturated heterocycles. The molecule has 2 rings (SSSR count). The Hall–Kier alpha value is -2.60. The number of benzene rings is 2. The zero-order valence-electron chi connectivity index (χ0n) is 11.8. The van der Waals surface area contributed by atoms with Crippen LogP contribution in [0.4, 0.5) is 5.69 Å². The lowest BCUT2D eigenvalue weighted by molar-refractivity contribution is -0.384. The quantitative estimate of drug-likeness (QED) is 0.672. The van der Waals surface area contributed by atoms with Gasteiger partial charge in [0.05, 0.1) is 18.1 Å². The number of non-ortho nitro benzene ring substituents is 1. The van der Waals surface area contributed by atoms with Crippen molar-refractivity contribution in [2.75, 3.05) is 7.11 Å². The van der Waals surface area contributed by atoms with Crippen LogP contribution in [-0.2, 0) is 0 Å². The fourth-order valence-corrected chi connectivity index (χ4v) is 1.83. The van der Waals surface area contributed by atoms with Gasteiger partial charge >= 0.3 is 0 Å². The van der Waals surface area contributed by atoms with Crippen molar-refractivity contribution in [2.45, 2.75) is 13.0 Å². The van der Waals surface area contributed by atoms with Gasteiger partial charge in [-0.05, 0) is 30.7 Å². The second kappa shape index (κ2) is 6.23. The minimum absolute atomic E-state index is 0.0574. The zero-order valence-corrected chi connectivity index (χ0v) is 11.8. The van der Waals surface area contributed by atoms with E-state index in [9.17, 15) is 10.1 Å². The number of hydrogen-bond acceptors (Lipinski definition) is 5. The molecule has 0 aromatic heterocycles. The van der Waals surface area contributed by atoms with Gasteiger partial charge in [0.15, 0.2) is 11.5 Å². The fourth-order valence-electron chi connectivity index (χ4n) is 1.83. The fraction of sp³-hybridized carbons (Fsp3) is 0.200. The zero-order chi connectivity index (χ0) is 15.4. The first kappa shape index (κ1) is 14.8. The van der Waals surface area contributed by atoms with Crippen molar-refractivity contribution in [2.24, 2.45) is 5.73 Å². The van der Waals surface area contributed by atoms with Gasteiger partial charge in [-0.2, -0.15) is 0 Å². The van der Waals surface area contributed by atoms with Gasteiger partial charge in [-0.3, -0.25) is 10.1 Å². The van der Waals surface area contributed by atoms with Crippen LogP contribution in [0.3, 0.4) is 0 Å². The summed E-state index contributed by atoms with van der Waals surface area (Å²) >= 11 is 0. The van der Waals surface area contributed by atoms with E-state index in [0.29, 0.717) is 17.2 Å². The molecule has 21 heavy (non-hydrogen) atoms. The maximum absolute atomic E-state index is 10.8. The van der Waals surface area contributed by atoms with E-state index in [1.54, 1.807) is 12.1 Å². The highest BCUT2D eigenvalue weighted by molar-refractivity contribution is 5.50. The maximum atomic E-state index is 10.8. The molecule has 0 aliphatic rings. The number of nitro groups is 1. The number of hydrogen-bond donors (Lipinski definition) is 1. The van der Waals surface area contributed by atoms with E-state index in [0.717, 1.165) is 5.56 Å². The Morgan fingerprint density at radius 2 is 1.81 bits per heavy atom. The minimum atomic E-state index is -0.481. The van der Waals surface area contributed by atoms with Gasteiger partial charge in [0.1, 0.15) is 5.75 Å². The monoisotopic (exact) mass is 288 g/mol. The Kier molecular flexibility index (Phi) is 4.39. The Labute approximate surface area is 122 Å². The summed E-state index contributed by atoms with van der Waals surface area (Å²) in [6, 6.07) is 11.4. The van der Waals surface area contributed by atoms with E-state index in [4.69, 9.17) is 15.2 Å². The molecule has 0 bridgehead atoms. The van der Waals surface area contributed by atoms with Crippen LogP contribution < -0.4 is 15.2 Å². The molecule has 0 saturated carbocycles. The third-order valence-electron chi connectivity index (χ3n) is 2.99. The van der Waals surface area contributed by atoms with Crippen LogP contribution in [0.25, 0.3) is 0 Å². The van der Waals surface area contributed by atoms with Crippen molar-refractivity contribution in [1.82, 2.24) is 0 Å². The Morgan fingerprint density at radius 3 is 2.33 bits per heavy atom. The van der Waals surface area contributed by atoms with Gasteiger partial charge in [0.25, 0.3) is 5.69 Å². The lowest BCUT2D eigenvalue weighted by Crippen LogP contribution is -2.04. The van der Waals surface area contributed by atoms with E-state index in [1.165, 1.54) is 25.3 Å². The van der Waals surface area contributed by atoms with Gasteiger partial charge in [0, 0.05) is 12.1 Å². The number of methoxy groups -OCH3 is 1. The number of rotatable bonds is 5. The van der Waals surface area contributed by atoms with Crippen molar-refractivity contribution >= 4 is 5.69 Å². The largest absolute Gasteiger partial charge is 0.493 e. The van der Waals surface area contributed by atoms with Gasteiger partial charge in [0.2, 0.25) is 0 Å². The highest BCUT2D eigenvalue weighted by Crippen LogP contribution is 2.34. The molecule has 0 aliphatic heterocycles. The average molecular weight is 288 g/mol. The van der Waals surface area contributed by atoms with Crippen LogP contribution in [-0.4, -0.2) is 12.0 Å². The summed E-state index contributed by atoms with van der Waals surface area (Å²) < 4.78 is 10.8. The SMILES string of the molecule is COc1ccc([N+](=O)[O-])cc1Oc1ccc(C(C)N)cc1. The van der Waals surface area contributed by atoms with Gasteiger partial charge in [-0.1, -0.05) is 12.1 Å². The maximum Gasteiger partial charge on any atom is 0.273 e. The molecule has 1 atom stereocenters. The van der Waals surface area contributed by atoms with E-state index >= 15 is 0 Å². The average Bonchev–Trinajstić information content (AvgIpc) is 2.47. The minimum Gasteiger partial charge on any atom is -0.493 e. The van der Waals surface area contributed by atoms with Crippen molar-refractivity contribution in [3.05, 3.63) is 58.1 Å². The molecule has 2 aromatic carbocycles. The number of nitro benzene ring substituents is 1. The summed E-state index contributed by atoms with van der Waals surface area (Å²) in [6.07, 6.45) is 0. The summed E-state index contributed by atoms with van der Waals surface area (Å²) in [5, 5.41) is 10.8. The van der Waals surface area contributed by atoms with E-state index < -0.39 is 4.92 Å². The second-order valence-electron chi connectivity index (χ2n) is 4.55. The van der Waals surface area contributed by atoms with Gasteiger partial charge in [-0.15, -0.1) is 0 Å². The van der Waals surface area contributed by atoms with Crippen molar-refractivity contribution in [3.8, 4) is 17.2 Å². The standard InChI is InChI=1S/C15H16N2O4/c1-10(16)11-3-6-13(7-4-11)21-15-9-12(17(18)19)5-8-14(15)20-2/h3-10H,16H2,1-2H3. The van der Waals surface area contributed by atoms with Crippen molar-refractivity contribution in [3.63, 3.8) is 0 Å². The molecule has 2 N–H and O–H groups in total. The molecule has 1 unspecified atom stereocenters. The molecule has 0 spiro atoms. The number of nitrogens with two attached hydrogens (primary N) is 1. The van der Waals surface area contributed by atoms with Crippen LogP contribution in [0.15, 0.2) is 42.5 Å². The first-order chi connectivity index (χ1) is 10.0. The molecule has 2 aromatic rings. The van der Waals surface area contributed by atoms with Crippen LogP contribution in [0.1, 0.15) is 18.5 Å². The molecule has 6 nitrogen and oxygen atoms in total. The molecular weight excluding hydrogens is 272 g/mol. The third kappa shape index (κ3) is 3.49. The summed E-state index contributed by atoms with van der Waals surface area (Å²) in [7, 11) is 1.48. The first-order valence-electron chi connectivity index (χ1n) is 6.37. The second-order valence-corrected chi connectivity index (χ2v) is 4.55. The summed E-state index contributed by atoms with van der Waals surface area (Å²) in [5.41, 5.74) is 6.70. The van der Waals surface area contributed by atoms with E-state index in [1.807, 2.05) is 19.1 Å². The molecule has 110 valence electrons. The molecule has 0 fully saturated rings. The van der Waals surface area contributed by atoms with Crippen LogP contribution in [0.5, 0.6) is 17.2 Å². The Bertz CT molecular complexity index is 639. The predicted molar refractivity (Wildman–Crippen MR) is 78.8 cm³/mol. The normalized spacial score (nSPS) is 11.8. The Balaban J connectivity index is 2.29. The van der Waals surface area contributed by atoms with Crippen LogP contribution in [0, 0.1) is 10.1 Å². The smallest absolute Gasteiger partial charge is 0.273 e. The summed E-state index contributed by atoms with van der Waals surface area (Å²) in [5.74, 6) is 1.27. The van der Waals surface area contributed by atoms with Gasteiger partial charge < -0.3 is 15.2 Å². The van der Waals surface area contributed by atoms with Crippen molar-refractivity contribution in [1.29, 1.82) is 0 Å². The van der Waals surface area contributed by atoms with E-state index in [2.05, 4.69) is 0 Å². The lowest BCUT2D eigenvalue weighted by atomic mass is 10.1. The predicted octanol–water partition coefficient (Wildman–Crippen LogP) is 3.42. The molecule has 6 heteroatoms. The van der Waals surface area contributed by atoms with Crippen LogP contribution >= 0.6 is 0 Å². The molecule has 0 amide bonds. The molecular formula is C15H16N2O4. The first-order valence-corrected chi connectivity index (χ1v) is 6.37. The van der Waals surface area contributed by atoms with Gasteiger partial charge in [-0.25, -0.2) is 0 Å². The topological polar surface area (TPSA) is 87.6 Å². The van der Waals surface area contributed by atoms with Crippen molar-refractivity contribution < 1.29 is 14.4 Å². The molecule has 0 aliphatic carbocycles. The summed E-state index contributed by atoms with van der Waals surface area (Å²) in [4.78, 5) is 10.3. The highest BCUT2D eigenvalue weighted by atomic mass is 16.6. The summed E-state index contributed by atoms with van der Waals surface area (Å²) in [6.45, 7) is 1.89. The number of ether oxygens (including phenoxy) is 2. The highest BCUT2D eigenvalue weighted by Gasteiger charge is 2.13. The molecule has 0 heterocycles. The Morgan fingerprint density at radius 1 is 1.14 bits per heavy atom. The molecule has 0 radical (unpaired) electrons. The number of nitrogens with zero attached hydrogens (tertiary/aromatic N) is 1. The lowest BCUT2D eigenvalue weighted by Gasteiger charge is -2.11. The third-order valence-corrected chi connectivity index (χ3v) is 2.99. The van der Waals surface area contributed by atoms with Crippen LogP contribution in [0.2, 0.25) is 0 Å².